The Kier molecular flexibility index (Phi) is 1.08. The van der Waals surface area contributed by atoms with E-state index in [2.05, 4.69) is 12.2 Å². The molecule has 2 rings (SSSR count). The summed E-state index contributed by atoms with van der Waals surface area (Å²) in [5.74, 6) is 2.36. The van der Waals surface area contributed by atoms with Crippen LogP contribution in [0.4, 0.5) is 0 Å². The van der Waals surface area contributed by atoms with Gasteiger partial charge in [0.15, 0.2) is 5.76 Å². The van der Waals surface area contributed by atoms with Crippen LogP contribution in [0.25, 0.3) is 0 Å². The maximum Gasteiger partial charge on any atom is 0.165 e. The fourth-order valence-electron chi connectivity index (χ4n) is 1.15. The number of ether oxygens (including phenoxy) is 1. The molecular formula is C8H10O. The molecule has 0 unspecified atom stereocenters. The molecular weight excluding hydrogens is 112 g/mol. The zero-order valence-corrected chi connectivity index (χ0v) is 5.39. The summed E-state index contributed by atoms with van der Waals surface area (Å²) in [7, 11) is 0. The highest BCUT2D eigenvalue weighted by atomic mass is 16.6. The van der Waals surface area contributed by atoms with Crippen molar-refractivity contribution >= 4 is 0 Å². The molecule has 9 heavy (non-hydrogen) atoms. The quantitative estimate of drug-likeness (QED) is 0.480. The van der Waals surface area contributed by atoms with E-state index in [0.717, 1.165) is 5.76 Å². The lowest BCUT2D eigenvalue weighted by molar-refractivity contribution is 0.460. The molecule has 1 heterocycles. The Morgan fingerprint density at radius 3 is 3.33 bits per heavy atom. The van der Waals surface area contributed by atoms with Crippen molar-refractivity contribution in [1.29, 1.82) is 0 Å². The first-order valence-corrected chi connectivity index (χ1v) is 3.54. The van der Waals surface area contributed by atoms with Crippen LogP contribution in [0.5, 0.6) is 0 Å². The van der Waals surface area contributed by atoms with Crippen molar-refractivity contribution in [3.05, 3.63) is 23.7 Å². The highest BCUT2D eigenvalue weighted by molar-refractivity contribution is 5.29. The maximum absolute atomic E-state index is 5.18. The van der Waals surface area contributed by atoms with Crippen LogP contribution < -0.4 is 0 Å². The van der Waals surface area contributed by atoms with Gasteiger partial charge in [0.2, 0.25) is 0 Å². The molecule has 0 amide bonds. The number of allylic oxidation sites excluding steroid dienone is 3. The van der Waals surface area contributed by atoms with Crippen molar-refractivity contribution in [1.82, 2.24) is 0 Å². The molecule has 0 spiro atoms. The summed E-state index contributed by atoms with van der Waals surface area (Å²) in [6.07, 6.45) is 9.29. The molecule has 2 aliphatic rings. The average Bonchev–Trinajstić information content (AvgIpc) is 2.46. The van der Waals surface area contributed by atoms with Crippen LogP contribution >= 0.6 is 0 Å². The third-order valence-electron chi connectivity index (χ3n) is 1.76. The van der Waals surface area contributed by atoms with E-state index in [1.165, 1.54) is 31.4 Å². The molecule has 0 atom stereocenters. The first-order chi connectivity index (χ1) is 4.47. The van der Waals surface area contributed by atoms with Gasteiger partial charge in [-0.05, 0) is 25.3 Å². The third-order valence-corrected chi connectivity index (χ3v) is 1.76. The van der Waals surface area contributed by atoms with Crippen LogP contribution in [0.3, 0.4) is 0 Å². The Hall–Kier alpha value is -0.720. The minimum atomic E-state index is 1.13. The van der Waals surface area contributed by atoms with E-state index >= 15 is 0 Å². The van der Waals surface area contributed by atoms with Gasteiger partial charge in [-0.25, -0.2) is 0 Å². The van der Waals surface area contributed by atoms with Crippen molar-refractivity contribution in [2.75, 3.05) is 0 Å². The molecule has 0 aromatic carbocycles. The lowest BCUT2D eigenvalue weighted by Gasteiger charge is -1.91. The molecule has 0 radical (unpaired) electrons. The first kappa shape index (κ1) is 5.10. The molecule has 1 nitrogen and oxygen atoms in total. The average molecular weight is 122 g/mol. The Labute approximate surface area is 55.0 Å². The van der Waals surface area contributed by atoms with E-state index in [1.54, 1.807) is 0 Å². The second-order valence-corrected chi connectivity index (χ2v) is 2.54. The Bertz CT molecular complexity index is 177. The summed E-state index contributed by atoms with van der Waals surface area (Å²) in [6, 6.07) is 0. The molecule has 0 fully saturated rings. The third kappa shape index (κ3) is 0.995. The van der Waals surface area contributed by atoms with Crippen LogP contribution in [0.1, 0.15) is 25.7 Å². The van der Waals surface area contributed by atoms with Crippen LogP contribution in [0.15, 0.2) is 23.7 Å². The molecule has 0 aromatic heterocycles. The van der Waals surface area contributed by atoms with Crippen molar-refractivity contribution in [2.45, 2.75) is 25.7 Å². The molecule has 1 aliphatic heterocycles. The summed E-state index contributed by atoms with van der Waals surface area (Å²) in [5.41, 5.74) is 0. The van der Waals surface area contributed by atoms with Gasteiger partial charge in [0.25, 0.3) is 0 Å². The molecule has 0 saturated carbocycles. The Morgan fingerprint density at radius 1 is 1.33 bits per heavy atom. The van der Waals surface area contributed by atoms with E-state index in [1.807, 2.05) is 0 Å². The van der Waals surface area contributed by atoms with Crippen molar-refractivity contribution in [3.63, 3.8) is 0 Å². The fourth-order valence-corrected chi connectivity index (χ4v) is 1.15. The minimum Gasteiger partial charge on any atom is -0.454 e. The van der Waals surface area contributed by atoms with Gasteiger partial charge in [-0.15, -0.1) is 0 Å². The SMILES string of the molecule is C1=C\C2=C(CCCC/1)O2. The fraction of sp³-hybridized carbons (Fsp3) is 0.500. The van der Waals surface area contributed by atoms with E-state index in [9.17, 15) is 0 Å². The zero-order chi connectivity index (χ0) is 6.10. The number of hydrogen-bond donors (Lipinski definition) is 0. The molecule has 0 N–H and O–H groups in total. The van der Waals surface area contributed by atoms with Gasteiger partial charge in [0.05, 0.1) is 0 Å². The topological polar surface area (TPSA) is 12.5 Å². The smallest absolute Gasteiger partial charge is 0.165 e. The van der Waals surface area contributed by atoms with Crippen LogP contribution in [-0.4, -0.2) is 0 Å². The molecule has 1 aliphatic carbocycles. The lowest BCUT2D eigenvalue weighted by atomic mass is 10.1. The van der Waals surface area contributed by atoms with E-state index in [-0.39, 0.29) is 0 Å². The van der Waals surface area contributed by atoms with Crippen LogP contribution in [0, 0.1) is 0 Å². The van der Waals surface area contributed by atoms with Gasteiger partial charge in [-0.2, -0.15) is 0 Å². The zero-order valence-electron chi connectivity index (χ0n) is 5.39. The van der Waals surface area contributed by atoms with Crippen LogP contribution in [-0.2, 0) is 4.74 Å². The Balaban J connectivity index is 2.08. The standard InChI is InChI=1S/C8H10O/c1-2-4-6-8-7(9-8)5-3-1/h3,5H,1-2,4,6H2/b5-3-. The molecule has 0 bridgehead atoms. The molecule has 48 valence electrons. The highest BCUT2D eigenvalue weighted by Gasteiger charge is 2.21. The van der Waals surface area contributed by atoms with Gasteiger partial charge in [0, 0.05) is 6.42 Å². The van der Waals surface area contributed by atoms with Gasteiger partial charge in [-0.1, -0.05) is 6.08 Å². The number of hydrogen-bond acceptors (Lipinski definition) is 1. The van der Waals surface area contributed by atoms with Gasteiger partial charge in [-0.3, -0.25) is 0 Å². The monoisotopic (exact) mass is 122 g/mol. The van der Waals surface area contributed by atoms with Gasteiger partial charge < -0.3 is 4.74 Å². The molecule has 1 heteroatoms. The van der Waals surface area contributed by atoms with E-state index in [4.69, 9.17) is 4.74 Å². The summed E-state index contributed by atoms with van der Waals surface area (Å²) >= 11 is 0. The number of rotatable bonds is 0. The van der Waals surface area contributed by atoms with Crippen LogP contribution in [0.2, 0.25) is 0 Å². The summed E-state index contributed by atoms with van der Waals surface area (Å²) < 4.78 is 5.18. The predicted octanol–water partition coefficient (Wildman–Crippen LogP) is 2.36. The molecule has 0 saturated heterocycles. The van der Waals surface area contributed by atoms with Crippen molar-refractivity contribution in [2.24, 2.45) is 0 Å². The summed E-state index contributed by atoms with van der Waals surface area (Å²) in [5, 5.41) is 0. The lowest BCUT2D eigenvalue weighted by Crippen LogP contribution is -1.74. The predicted molar refractivity (Wildman–Crippen MR) is 35.7 cm³/mol. The summed E-state index contributed by atoms with van der Waals surface area (Å²) in [4.78, 5) is 0. The minimum absolute atomic E-state index is 1.13. The molecule has 0 aromatic rings. The van der Waals surface area contributed by atoms with Gasteiger partial charge >= 0.3 is 0 Å². The first-order valence-electron chi connectivity index (χ1n) is 3.54. The maximum atomic E-state index is 5.18. The second-order valence-electron chi connectivity index (χ2n) is 2.54. The van der Waals surface area contributed by atoms with E-state index < -0.39 is 0 Å². The van der Waals surface area contributed by atoms with Gasteiger partial charge in [0.1, 0.15) is 5.76 Å². The highest BCUT2D eigenvalue weighted by Crippen LogP contribution is 2.33. The van der Waals surface area contributed by atoms with E-state index in [0.29, 0.717) is 0 Å². The van der Waals surface area contributed by atoms with Crippen molar-refractivity contribution < 1.29 is 4.74 Å². The second kappa shape index (κ2) is 1.90. The summed E-state index contributed by atoms with van der Waals surface area (Å²) in [6.45, 7) is 0. The Morgan fingerprint density at radius 2 is 2.33 bits per heavy atom. The largest absolute Gasteiger partial charge is 0.454 e. The van der Waals surface area contributed by atoms with Crippen molar-refractivity contribution in [3.8, 4) is 0 Å². The normalized spacial score (nSPS) is 27.6.